The number of nitrogens with zero attached hydrogens (tertiary/aromatic N) is 1. The van der Waals surface area contributed by atoms with Crippen molar-refractivity contribution >= 4 is 11.7 Å². The molecule has 10 heteroatoms. The summed E-state index contributed by atoms with van der Waals surface area (Å²) < 4.78 is 52.5. The zero-order valence-corrected chi connectivity index (χ0v) is 18.9. The molecule has 3 aliphatic rings. The molecule has 0 radical (unpaired) electrons. The average Bonchev–Trinajstić information content (AvgIpc) is 3.21. The molecule has 180 valence electrons. The highest BCUT2D eigenvalue weighted by Gasteiger charge is 2.39. The van der Waals surface area contributed by atoms with Crippen molar-refractivity contribution in [1.82, 2.24) is 16.0 Å². The quantitative estimate of drug-likeness (QED) is 0.573. The molecule has 2 heterocycles. The summed E-state index contributed by atoms with van der Waals surface area (Å²) >= 11 is 0. The number of rotatable bonds is 7. The van der Waals surface area contributed by atoms with Gasteiger partial charge in [-0.15, -0.1) is 0 Å². The van der Waals surface area contributed by atoms with Gasteiger partial charge in [-0.25, -0.2) is 18.2 Å². The maximum absolute atomic E-state index is 14.7. The van der Waals surface area contributed by atoms with E-state index in [1.807, 2.05) is 13.8 Å². The van der Waals surface area contributed by atoms with Gasteiger partial charge in [-0.05, 0) is 33.6 Å². The molecule has 1 aliphatic carbocycles. The molecule has 1 saturated carbocycles. The molecule has 4 rings (SSSR count). The Morgan fingerprint density at radius 3 is 2.58 bits per heavy atom. The van der Waals surface area contributed by atoms with Gasteiger partial charge in [-0.1, -0.05) is 18.2 Å². The molecule has 0 bridgehead atoms. The first kappa shape index (κ1) is 23.6. The van der Waals surface area contributed by atoms with Crippen molar-refractivity contribution in [3.63, 3.8) is 0 Å². The summed E-state index contributed by atoms with van der Waals surface area (Å²) in [6.45, 7) is 6.25. The lowest BCUT2D eigenvalue weighted by Crippen LogP contribution is -2.44. The number of hydrogen-bond acceptors (Lipinski definition) is 6. The van der Waals surface area contributed by atoms with Crippen molar-refractivity contribution in [3.05, 3.63) is 46.4 Å². The molecule has 0 spiro atoms. The summed E-state index contributed by atoms with van der Waals surface area (Å²) in [5.74, 6) is -0.709. The van der Waals surface area contributed by atoms with E-state index >= 15 is 0 Å². The van der Waals surface area contributed by atoms with Crippen molar-refractivity contribution in [2.75, 3.05) is 13.2 Å². The van der Waals surface area contributed by atoms with Gasteiger partial charge in [0, 0.05) is 16.8 Å². The Bertz CT molecular complexity index is 972. The molecule has 0 aromatic heterocycles. The largest absolute Gasteiger partial charge is 0.366 e. The standard InChI is InChI=1S/C23H29F3N4O3/c1-12(14-5-4-6-15(19(14)24)20(25)26)27-21-18(22-32-9-10-33-22)16(28-13(2)29-21)11-17(31)30-23(3)7-8-23/h4-6,12-13,20,22,28H,7-11H2,1-3H3,(H,27,29)(H,30,31)/t12-,13?/m1/s1. The van der Waals surface area contributed by atoms with Gasteiger partial charge in [0.25, 0.3) is 6.43 Å². The van der Waals surface area contributed by atoms with E-state index in [9.17, 15) is 18.0 Å². The normalized spacial score (nSPS) is 23.2. The smallest absolute Gasteiger partial charge is 0.266 e. The van der Waals surface area contributed by atoms with E-state index in [2.05, 4.69) is 20.9 Å². The molecule has 2 fully saturated rings. The summed E-state index contributed by atoms with van der Waals surface area (Å²) in [6, 6.07) is 3.26. The van der Waals surface area contributed by atoms with Crippen LogP contribution in [0.3, 0.4) is 0 Å². The van der Waals surface area contributed by atoms with Crippen LogP contribution in [0.5, 0.6) is 0 Å². The molecule has 3 N–H and O–H groups in total. The van der Waals surface area contributed by atoms with E-state index in [1.54, 1.807) is 6.92 Å². The van der Waals surface area contributed by atoms with E-state index in [0.717, 1.165) is 18.9 Å². The average molecular weight is 467 g/mol. The Labute approximate surface area is 190 Å². The Balaban J connectivity index is 1.61. The van der Waals surface area contributed by atoms with Crippen molar-refractivity contribution in [2.24, 2.45) is 4.99 Å². The van der Waals surface area contributed by atoms with Gasteiger partial charge in [0.15, 0.2) is 6.29 Å². The molecule has 33 heavy (non-hydrogen) atoms. The van der Waals surface area contributed by atoms with E-state index < -0.39 is 30.1 Å². The van der Waals surface area contributed by atoms with Crippen molar-refractivity contribution < 1.29 is 27.4 Å². The summed E-state index contributed by atoms with van der Waals surface area (Å²) in [5, 5.41) is 9.39. The first-order valence-electron chi connectivity index (χ1n) is 11.1. The number of carbonyl (C=O) groups is 1. The second kappa shape index (κ2) is 9.34. The number of nitrogens with one attached hydrogen (secondary N) is 3. The molecule has 1 saturated heterocycles. The summed E-state index contributed by atoms with van der Waals surface area (Å²) in [6.07, 6.45) is -2.08. The Kier molecular flexibility index (Phi) is 6.67. The minimum Gasteiger partial charge on any atom is -0.366 e. The number of benzene rings is 1. The zero-order valence-electron chi connectivity index (χ0n) is 18.9. The number of hydrogen-bond donors (Lipinski definition) is 3. The lowest BCUT2D eigenvalue weighted by molar-refractivity contribution is -0.121. The van der Waals surface area contributed by atoms with E-state index in [-0.39, 0.29) is 29.6 Å². The first-order valence-corrected chi connectivity index (χ1v) is 11.1. The van der Waals surface area contributed by atoms with Gasteiger partial charge in [0.2, 0.25) is 5.91 Å². The summed E-state index contributed by atoms with van der Waals surface area (Å²) in [5.41, 5.74) is 0.415. The molecular formula is C23H29F3N4O3. The van der Waals surface area contributed by atoms with Crippen LogP contribution in [0.1, 0.15) is 63.6 Å². The fourth-order valence-corrected chi connectivity index (χ4v) is 4.02. The summed E-state index contributed by atoms with van der Waals surface area (Å²) in [4.78, 5) is 17.3. The molecule has 2 aliphatic heterocycles. The number of carbonyl (C=O) groups excluding carboxylic acids is 1. The molecule has 1 aromatic carbocycles. The van der Waals surface area contributed by atoms with Crippen LogP contribution in [0.15, 0.2) is 34.5 Å². The minimum absolute atomic E-state index is 0.0722. The second-order valence-electron chi connectivity index (χ2n) is 8.97. The Morgan fingerprint density at radius 2 is 1.94 bits per heavy atom. The van der Waals surface area contributed by atoms with Crippen molar-refractivity contribution in [3.8, 4) is 0 Å². The predicted molar refractivity (Wildman–Crippen MR) is 116 cm³/mol. The number of aliphatic imine (C=N–C) groups is 1. The van der Waals surface area contributed by atoms with E-state index in [0.29, 0.717) is 30.3 Å². The van der Waals surface area contributed by atoms with Gasteiger partial charge in [-0.2, -0.15) is 0 Å². The van der Waals surface area contributed by atoms with Gasteiger partial charge in [-0.3, -0.25) is 4.79 Å². The van der Waals surface area contributed by atoms with Crippen molar-refractivity contribution in [1.29, 1.82) is 0 Å². The van der Waals surface area contributed by atoms with Crippen LogP contribution in [0.2, 0.25) is 0 Å². The minimum atomic E-state index is -2.91. The van der Waals surface area contributed by atoms with Crippen LogP contribution < -0.4 is 16.0 Å². The van der Waals surface area contributed by atoms with E-state index in [1.165, 1.54) is 12.1 Å². The van der Waals surface area contributed by atoms with Gasteiger partial charge in [0.1, 0.15) is 17.8 Å². The van der Waals surface area contributed by atoms with Crippen LogP contribution in [-0.4, -0.2) is 43.0 Å². The maximum Gasteiger partial charge on any atom is 0.266 e. The highest BCUT2D eigenvalue weighted by molar-refractivity contribution is 6.01. The maximum atomic E-state index is 14.7. The lowest BCUT2D eigenvalue weighted by atomic mass is 10.0. The predicted octanol–water partition coefficient (Wildman–Crippen LogP) is 3.45. The monoisotopic (exact) mass is 466 g/mol. The summed E-state index contributed by atoms with van der Waals surface area (Å²) in [7, 11) is 0. The van der Waals surface area contributed by atoms with Gasteiger partial charge in [0.05, 0.1) is 36.8 Å². The molecule has 1 aromatic rings. The molecule has 1 amide bonds. The molecule has 7 nitrogen and oxygen atoms in total. The van der Waals surface area contributed by atoms with Crippen LogP contribution in [0.25, 0.3) is 0 Å². The number of ether oxygens (including phenoxy) is 2. The third kappa shape index (κ3) is 5.33. The van der Waals surface area contributed by atoms with E-state index in [4.69, 9.17) is 9.47 Å². The lowest BCUT2D eigenvalue weighted by Gasteiger charge is -2.31. The topological polar surface area (TPSA) is 84.0 Å². The Hall–Kier alpha value is -2.59. The first-order chi connectivity index (χ1) is 15.7. The number of amides is 1. The second-order valence-corrected chi connectivity index (χ2v) is 8.97. The number of halogens is 3. The number of alkyl halides is 2. The third-order valence-electron chi connectivity index (χ3n) is 6.04. The SMILES string of the molecule is CC1N=C(N[C@H](C)c2cccc(C(F)F)c2F)C(C2OCCO2)=C(CC(=O)NC2(C)CC2)N1. The number of amidine groups is 1. The van der Waals surface area contributed by atoms with Gasteiger partial charge < -0.3 is 25.4 Å². The van der Waals surface area contributed by atoms with Crippen LogP contribution in [0, 0.1) is 5.82 Å². The molecule has 1 unspecified atom stereocenters. The van der Waals surface area contributed by atoms with Crippen LogP contribution >= 0.6 is 0 Å². The van der Waals surface area contributed by atoms with Crippen LogP contribution in [0.4, 0.5) is 13.2 Å². The van der Waals surface area contributed by atoms with Gasteiger partial charge >= 0.3 is 0 Å². The fraction of sp³-hybridized carbons (Fsp3) is 0.565. The van der Waals surface area contributed by atoms with Crippen LogP contribution in [-0.2, 0) is 14.3 Å². The Morgan fingerprint density at radius 1 is 1.27 bits per heavy atom. The zero-order chi connectivity index (χ0) is 23.8. The fourth-order valence-electron chi connectivity index (χ4n) is 4.02. The molecular weight excluding hydrogens is 437 g/mol. The van der Waals surface area contributed by atoms with Crippen molar-refractivity contribution in [2.45, 2.75) is 70.5 Å². The molecule has 2 atom stereocenters. The third-order valence-corrected chi connectivity index (χ3v) is 6.04. The highest BCUT2D eigenvalue weighted by Crippen LogP contribution is 2.35. The highest BCUT2D eigenvalue weighted by atomic mass is 19.3.